The molecule has 0 radical (unpaired) electrons. The van der Waals surface area contributed by atoms with Crippen LogP contribution in [0.1, 0.15) is 24.1 Å². The Kier molecular flexibility index (Phi) is 4.33. The Balaban J connectivity index is 3.30. The minimum Gasteiger partial charge on any atom is -0.496 e. The standard InChI is InChI=1S/C12H16ClNO2/c1-7-5-11(16-4)9(6-10(7)13)12(14-3)8(2)15/h5-6,12,14H,1-4H3. The molecule has 88 valence electrons. The predicted molar refractivity (Wildman–Crippen MR) is 65.2 cm³/mol. The monoisotopic (exact) mass is 241 g/mol. The van der Waals surface area contributed by atoms with Gasteiger partial charge >= 0.3 is 0 Å². The molecule has 16 heavy (non-hydrogen) atoms. The van der Waals surface area contributed by atoms with Crippen LogP contribution in [0.2, 0.25) is 5.02 Å². The van der Waals surface area contributed by atoms with Crippen molar-refractivity contribution >= 4 is 17.4 Å². The quantitative estimate of drug-likeness (QED) is 0.880. The molecule has 0 aliphatic carbocycles. The van der Waals surface area contributed by atoms with Gasteiger partial charge in [-0.15, -0.1) is 0 Å². The van der Waals surface area contributed by atoms with Gasteiger partial charge in [0.05, 0.1) is 13.2 Å². The molecule has 1 rings (SSSR count). The summed E-state index contributed by atoms with van der Waals surface area (Å²) in [7, 11) is 3.32. The highest BCUT2D eigenvalue weighted by molar-refractivity contribution is 6.31. The summed E-state index contributed by atoms with van der Waals surface area (Å²) < 4.78 is 5.26. The molecule has 0 spiro atoms. The molecule has 0 aliphatic rings. The summed E-state index contributed by atoms with van der Waals surface area (Å²) in [6, 6.07) is 3.23. The van der Waals surface area contributed by atoms with Gasteiger partial charge in [-0.1, -0.05) is 11.6 Å². The second-order valence-corrected chi connectivity index (χ2v) is 4.08. The molecule has 0 fully saturated rings. The lowest BCUT2D eigenvalue weighted by atomic mass is 10.0. The van der Waals surface area contributed by atoms with Crippen LogP contribution in [0, 0.1) is 6.92 Å². The van der Waals surface area contributed by atoms with Crippen molar-refractivity contribution in [2.24, 2.45) is 0 Å². The fourth-order valence-electron chi connectivity index (χ4n) is 1.65. The molecule has 0 bridgehead atoms. The zero-order valence-electron chi connectivity index (χ0n) is 9.93. The highest BCUT2D eigenvalue weighted by Crippen LogP contribution is 2.31. The van der Waals surface area contributed by atoms with E-state index < -0.39 is 0 Å². The van der Waals surface area contributed by atoms with E-state index in [4.69, 9.17) is 16.3 Å². The number of halogens is 1. The summed E-state index contributed by atoms with van der Waals surface area (Å²) in [5.41, 5.74) is 1.70. The molecule has 0 aromatic heterocycles. The molecule has 0 saturated heterocycles. The van der Waals surface area contributed by atoms with Gasteiger partial charge in [0, 0.05) is 10.6 Å². The third kappa shape index (κ3) is 2.54. The largest absolute Gasteiger partial charge is 0.496 e. The Morgan fingerprint density at radius 1 is 1.50 bits per heavy atom. The van der Waals surface area contributed by atoms with Crippen LogP contribution in [0.3, 0.4) is 0 Å². The van der Waals surface area contributed by atoms with Crippen molar-refractivity contribution in [3.63, 3.8) is 0 Å². The topological polar surface area (TPSA) is 38.3 Å². The van der Waals surface area contributed by atoms with Crippen molar-refractivity contribution in [1.82, 2.24) is 5.32 Å². The van der Waals surface area contributed by atoms with E-state index in [1.165, 1.54) is 6.92 Å². The first-order valence-corrected chi connectivity index (χ1v) is 5.40. The smallest absolute Gasteiger partial charge is 0.151 e. The number of nitrogens with one attached hydrogen (secondary N) is 1. The van der Waals surface area contributed by atoms with Crippen LogP contribution in [-0.2, 0) is 4.79 Å². The van der Waals surface area contributed by atoms with E-state index in [1.54, 1.807) is 20.2 Å². The molecule has 1 aromatic rings. The predicted octanol–water partition coefficient (Wildman–Crippen LogP) is 2.51. The first-order valence-electron chi connectivity index (χ1n) is 5.03. The molecule has 0 heterocycles. The minimum atomic E-state index is -0.381. The summed E-state index contributed by atoms with van der Waals surface area (Å²) in [4.78, 5) is 11.5. The number of likely N-dealkylation sites (N-methyl/N-ethyl adjacent to an activating group) is 1. The first kappa shape index (κ1) is 13.0. The number of benzene rings is 1. The second-order valence-electron chi connectivity index (χ2n) is 3.68. The normalized spacial score (nSPS) is 12.3. The zero-order chi connectivity index (χ0) is 12.3. The third-order valence-corrected chi connectivity index (χ3v) is 2.92. The van der Waals surface area contributed by atoms with Crippen LogP contribution in [0.4, 0.5) is 0 Å². The van der Waals surface area contributed by atoms with Gasteiger partial charge in [0.15, 0.2) is 5.78 Å². The average Bonchev–Trinajstić information content (AvgIpc) is 2.23. The number of Topliss-reactive ketones (excluding diaryl/α,β-unsaturated/α-hetero) is 1. The third-order valence-electron chi connectivity index (χ3n) is 2.52. The van der Waals surface area contributed by atoms with Gasteiger partial charge in [-0.2, -0.15) is 0 Å². The lowest BCUT2D eigenvalue weighted by molar-refractivity contribution is -0.119. The van der Waals surface area contributed by atoms with Gasteiger partial charge in [0.25, 0.3) is 0 Å². The number of carbonyl (C=O) groups is 1. The van der Waals surface area contributed by atoms with Crippen molar-refractivity contribution < 1.29 is 9.53 Å². The van der Waals surface area contributed by atoms with E-state index in [1.807, 2.05) is 13.0 Å². The molecule has 1 atom stereocenters. The molecule has 1 unspecified atom stereocenters. The molecule has 4 heteroatoms. The molecule has 0 saturated carbocycles. The number of hydrogen-bond donors (Lipinski definition) is 1. The van der Waals surface area contributed by atoms with Gasteiger partial charge in [-0.25, -0.2) is 0 Å². The lowest BCUT2D eigenvalue weighted by Crippen LogP contribution is -2.23. The molecule has 3 nitrogen and oxygen atoms in total. The Hall–Kier alpha value is -1.06. The minimum absolute atomic E-state index is 0.0284. The van der Waals surface area contributed by atoms with E-state index >= 15 is 0 Å². The van der Waals surface area contributed by atoms with Gasteiger partial charge in [-0.3, -0.25) is 4.79 Å². The Morgan fingerprint density at radius 2 is 2.12 bits per heavy atom. The average molecular weight is 242 g/mol. The maximum absolute atomic E-state index is 11.5. The molecular weight excluding hydrogens is 226 g/mol. The summed E-state index contributed by atoms with van der Waals surface area (Å²) in [5.74, 6) is 0.706. The van der Waals surface area contributed by atoms with E-state index in [0.717, 1.165) is 11.1 Å². The van der Waals surface area contributed by atoms with Crippen molar-refractivity contribution in [3.05, 3.63) is 28.3 Å². The number of methoxy groups -OCH3 is 1. The Morgan fingerprint density at radius 3 is 2.56 bits per heavy atom. The number of carbonyl (C=O) groups excluding carboxylic acids is 1. The molecule has 1 N–H and O–H groups in total. The summed E-state index contributed by atoms with van der Waals surface area (Å²) in [6.45, 7) is 3.44. The van der Waals surface area contributed by atoms with Crippen LogP contribution in [-0.4, -0.2) is 19.9 Å². The molecule has 1 aromatic carbocycles. The maximum atomic E-state index is 11.5. The van der Waals surface area contributed by atoms with Gasteiger partial charge in [0.1, 0.15) is 5.75 Å². The number of ether oxygens (including phenoxy) is 1. The SMILES string of the molecule is CNC(C(C)=O)c1cc(Cl)c(C)cc1OC. The Bertz CT molecular complexity index is 404. The van der Waals surface area contributed by atoms with E-state index in [0.29, 0.717) is 10.8 Å². The van der Waals surface area contributed by atoms with Crippen LogP contribution >= 0.6 is 11.6 Å². The number of aryl methyl sites for hydroxylation is 1. The van der Waals surface area contributed by atoms with E-state index in [9.17, 15) is 4.79 Å². The fourth-order valence-corrected chi connectivity index (χ4v) is 1.82. The van der Waals surface area contributed by atoms with Crippen LogP contribution in [0.25, 0.3) is 0 Å². The molecule has 0 amide bonds. The Labute approximate surface area is 101 Å². The van der Waals surface area contributed by atoms with Gasteiger partial charge in [0.2, 0.25) is 0 Å². The van der Waals surface area contributed by atoms with Crippen LogP contribution < -0.4 is 10.1 Å². The fraction of sp³-hybridized carbons (Fsp3) is 0.417. The molecular formula is C12H16ClNO2. The van der Waals surface area contributed by atoms with Crippen molar-refractivity contribution in [2.45, 2.75) is 19.9 Å². The van der Waals surface area contributed by atoms with Gasteiger partial charge in [-0.05, 0) is 38.6 Å². The van der Waals surface area contributed by atoms with E-state index in [2.05, 4.69) is 5.32 Å². The number of ketones is 1. The van der Waals surface area contributed by atoms with Crippen molar-refractivity contribution in [1.29, 1.82) is 0 Å². The zero-order valence-corrected chi connectivity index (χ0v) is 10.7. The lowest BCUT2D eigenvalue weighted by Gasteiger charge is -2.17. The van der Waals surface area contributed by atoms with Crippen LogP contribution in [0.5, 0.6) is 5.75 Å². The van der Waals surface area contributed by atoms with E-state index in [-0.39, 0.29) is 11.8 Å². The summed E-state index contributed by atoms with van der Waals surface area (Å²) in [5, 5.41) is 3.59. The maximum Gasteiger partial charge on any atom is 0.151 e. The van der Waals surface area contributed by atoms with Crippen LogP contribution in [0.15, 0.2) is 12.1 Å². The highest BCUT2D eigenvalue weighted by Gasteiger charge is 2.19. The number of hydrogen-bond acceptors (Lipinski definition) is 3. The van der Waals surface area contributed by atoms with Crippen molar-refractivity contribution in [3.8, 4) is 5.75 Å². The number of rotatable bonds is 4. The van der Waals surface area contributed by atoms with Gasteiger partial charge < -0.3 is 10.1 Å². The van der Waals surface area contributed by atoms with Crippen molar-refractivity contribution in [2.75, 3.05) is 14.2 Å². The summed E-state index contributed by atoms with van der Waals surface area (Å²) in [6.07, 6.45) is 0. The first-order chi connectivity index (χ1) is 7.51. The highest BCUT2D eigenvalue weighted by atomic mass is 35.5. The summed E-state index contributed by atoms with van der Waals surface area (Å²) >= 11 is 6.05. The molecule has 0 aliphatic heterocycles. The second kappa shape index (κ2) is 5.32.